The zero-order valence-electron chi connectivity index (χ0n) is 13.0. The van der Waals surface area contributed by atoms with E-state index in [0.717, 1.165) is 13.0 Å². The van der Waals surface area contributed by atoms with Crippen molar-refractivity contribution < 1.29 is 4.74 Å². The van der Waals surface area contributed by atoms with Crippen LogP contribution in [-0.2, 0) is 4.74 Å². The normalized spacial score (nSPS) is 35.2. The van der Waals surface area contributed by atoms with Gasteiger partial charge in [-0.15, -0.1) is 0 Å². The molecule has 2 nitrogen and oxygen atoms in total. The van der Waals surface area contributed by atoms with E-state index in [1.807, 2.05) is 0 Å². The van der Waals surface area contributed by atoms with Crippen LogP contribution in [0, 0.1) is 0 Å². The van der Waals surface area contributed by atoms with E-state index in [0.29, 0.717) is 10.8 Å². The summed E-state index contributed by atoms with van der Waals surface area (Å²) in [5, 5.41) is 3.87. The van der Waals surface area contributed by atoms with Gasteiger partial charge in [0.05, 0.1) is 5.60 Å². The molecule has 1 N–H and O–H groups in total. The third-order valence-corrected chi connectivity index (χ3v) is 6.67. The summed E-state index contributed by atoms with van der Waals surface area (Å²) in [5.74, 6) is 0. The lowest BCUT2D eigenvalue weighted by atomic mass is 9.86. The molecule has 2 fully saturated rings. The summed E-state index contributed by atoms with van der Waals surface area (Å²) in [7, 11) is 0. The molecule has 0 radical (unpaired) electrons. The second-order valence-electron chi connectivity index (χ2n) is 6.67. The Hall–Kier alpha value is 0.270. The first-order chi connectivity index (χ1) is 9.11. The third-order valence-electron chi connectivity index (χ3n) is 5.25. The summed E-state index contributed by atoms with van der Waals surface area (Å²) in [6.07, 6.45) is 12.9. The molecule has 3 heteroatoms. The first-order valence-corrected chi connectivity index (χ1v) is 9.26. The van der Waals surface area contributed by atoms with Gasteiger partial charge in [-0.1, -0.05) is 26.2 Å². The Balaban J connectivity index is 1.83. The quantitative estimate of drug-likeness (QED) is 0.825. The van der Waals surface area contributed by atoms with Gasteiger partial charge < -0.3 is 10.1 Å². The minimum atomic E-state index is 0.106. The van der Waals surface area contributed by atoms with Gasteiger partial charge in [0.1, 0.15) is 0 Å². The number of rotatable bonds is 5. The zero-order valence-corrected chi connectivity index (χ0v) is 13.8. The molecular weight excluding hydrogens is 254 g/mol. The maximum absolute atomic E-state index is 5.94. The highest BCUT2D eigenvalue weighted by atomic mass is 32.2. The summed E-state index contributed by atoms with van der Waals surface area (Å²) in [5.41, 5.74) is 0.106. The monoisotopic (exact) mass is 285 g/mol. The smallest absolute Gasteiger partial charge is 0.0666 e. The fraction of sp³-hybridized carbons (Fsp3) is 1.00. The van der Waals surface area contributed by atoms with E-state index in [4.69, 9.17) is 4.74 Å². The second kappa shape index (κ2) is 6.82. The Bertz CT molecular complexity index is 278. The van der Waals surface area contributed by atoms with Gasteiger partial charge in [-0.2, -0.15) is 11.8 Å². The molecule has 0 bridgehead atoms. The van der Waals surface area contributed by atoms with Crippen LogP contribution in [0.5, 0.6) is 0 Å². The first-order valence-electron chi connectivity index (χ1n) is 8.04. The highest BCUT2D eigenvalue weighted by Crippen LogP contribution is 2.38. The predicted molar refractivity (Wildman–Crippen MR) is 85.0 cm³/mol. The van der Waals surface area contributed by atoms with Crippen LogP contribution < -0.4 is 5.32 Å². The average Bonchev–Trinajstić information content (AvgIpc) is 2.46. The molecule has 0 spiro atoms. The molecule has 0 aromatic heterocycles. The van der Waals surface area contributed by atoms with Crippen molar-refractivity contribution in [2.75, 3.05) is 19.4 Å². The lowest BCUT2D eigenvalue weighted by molar-refractivity contribution is -0.0781. The zero-order chi connectivity index (χ0) is 13.8. The molecule has 112 valence electrons. The van der Waals surface area contributed by atoms with Crippen LogP contribution in [0.1, 0.15) is 65.2 Å². The van der Waals surface area contributed by atoms with Gasteiger partial charge in [-0.3, -0.25) is 0 Å². The molecule has 19 heavy (non-hydrogen) atoms. The number of nitrogens with one attached hydrogen (secondary N) is 1. The van der Waals surface area contributed by atoms with Crippen molar-refractivity contribution in [3.05, 3.63) is 0 Å². The van der Waals surface area contributed by atoms with Gasteiger partial charge in [-0.05, 0) is 45.3 Å². The minimum absolute atomic E-state index is 0.106. The van der Waals surface area contributed by atoms with Crippen molar-refractivity contribution in [2.24, 2.45) is 0 Å². The number of hydrogen-bond donors (Lipinski definition) is 1. The summed E-state index contributed by atoms with van der Waals surface area (Å²) >= 11 is 2.09. The SMILES string of the molecule is CCC1(C)CC(NCC2(SC)CCCCC2)CCO1. The fourth-order valence-electron chi connectivity index (χ4n) is 3.53. The van der Waals surface area contributed by atoms with Gasteiger partial charge in [-0.25, -0.2) is 0 Å². The molecule has 1 saturated heterocycles. The molecule has 0 aromatic carbocycles. The van der Waals surface area contributed by atoms with Crippen LogP contribution in [0.15, 0.2) is 0 Å². The Morgan fingerprint density at radius 2 is 2.00 bits per heavy atom. The fourth-order valence-corrected chi connectivity index (χ4v) is 4.45. The topological polar surface area (TPSA) is 21.3 Å². The molecule has 1 saturated carbocycles. The number of hydrogen-bond acceptors (Lipinski definition) is 3. The highest BCUT2D eigenvalue weighted by Gasteiger charge is 2.35. The highest BCUT2D eigenvalue weighted by molar-refractivity contribution is 8.00. The van der Waals surface area contributed by atoms with Crippen LogP contribution in [0.2, 0.25) is 0 Å². The lowest BCUT2D eigenvalue weighted by Gasteiger charge is -2.41. The van der Waals surface area contributed by atoms with Crippen LogP contribution in [0.3, 0.4) is 0 Å². The van der Waals surface area contributed by atoms with Crippen LogP contribution >= 0.6 is 11.8 Å². The molecular formula is C16H31NOS. The van der Waals surface area contributed by atoms with E-state index in [2.05, 4.69) is 37.2 Å². The van der Waals surface area contributed by atoms with Crippen molar-refractivity contribution >= 4 is 11.8 Å². The molecule has 1 aliphatic carbocycles. The van der Waals surface area contributed by atoms with E-state index in [9.17, 15) is 0 Å². The molecule has 2 atom stereocenters. The van der Waals surface area contributed by atoms with Crippen molar-refractivity contribution in [3.8, 4) is 0 Å². The standard InChI is InChI=1S/C16H31NOS/c1-4-15(2)12-14(8-11-18-15)17-13-16(19-3)9-6-5-7-10-16/h14,17H,4-13H2,1-3H3. The second-order valence-corrected chi connectivity index (χ2v) is 7.94. The Morgan fingerprint density at radius 1 is 1.26 bits per heavy atom. The first kappa shape index (κ1) is 15.7. The Morgan fingerprint density at radius 3 is 2.63 bits per heavy atom. The Labute approximate surface area is 123 Å². The lowest BCUT2D eigenvalue weighted by Crippen LogP contribution is -2.49. The molecule has 2 rings (SSSR count). The van der Waals surface area contributed by atoms with Crippen LogP contribution in [0.4, 0.5) is 0 Å². The largest absolute Gasteiger partial charge is 0.375 e. The summed E-state index contributed by atoms with van der Waals surface area (Å²) < 4.78 is 6.46. The van der Waals surface area contributed by atoms with Crippen LogP contribution in [-0.4, -0.2) is 35.8 Å². The van der Waals surface area contributed by atoms with Crippen molar-refractivity contribution in [1.29, 1.82) is 0 Å². The molecule has 1 aliphatic heterocycles. The van der Waals surface area contributed by atoms with Gasteiger partial charge in [0.2, 0.25) is 0 Å². The molecule has 2 unspecified atom stereocenters. The summed E-state index contributed by atoms with van der Waals surface area (Å²) in [6, 6.07) is 0.657. The molecule has 2 aliphatic rings. The van der Waals surface area contributed by atoms with Gasteiger partial charge in [0.15, 0.2) is 0 Å². The van der Waals surface area contributed by atoms with E-state index in [1.54, 1.807) is 0 Å². The predicted octanol–water partition coefficient (Wildman–Crippen LogP) is 3.99. The summed E-state index contributed by atoms with van der Waals surface area (Å²) in [6.45, 7) is 6.63. The number of ether oxygens (including phenoxy) is 1. The summed E-state index contributed by atoms with van der Waals surface area (Å²) in [4.78, 5) is 0. The van der Waals surface area contributed by atoms with E-state index < -0.39 is 0 Å². The van der Waals surface area contributed by atoms with Crippen molar-refractivity contribution in [1.82, 2.24) is 5.32 Å². The van der Waals surface area contributed by atoms with Crippen molar-refractivity contribution in [2.45, 2.75) is 81.6 Å². The van der Waals surface area contributed by atoms with E-state index >= 15 is 0 Å². The van der Waals surface area contributed by atoms with Gasteiger partial charge in [0.25, 0.3) is 0 Å². The van der Waals surface area contributed by atoms with Crippen LogP contribution in [0.25, 0.3) is 0 Å². The molecule has 0 aromatic rings. The Kier molecular flexibility index (Phi) is 5.62. The minimum Gasteiger partial charge on any atom is -0.375 e. The molecule has 1 heterocycles. The van der Waals surface area contributed by atoms with E-state index in [-0.39, 0.29) is 5.60 Å². The number of thioether (sulfide) groups is 1. The maximum Gasteiger partial charge on any atom is 0.0666 e. The van der Waals surface area contributed by atoms with Gasteiger partial charge in [0, 0.05) is 23.9 Å². The van der Waals surface area contributed by atoms with E-state index in [1.165, 1.54) is 51.5 Å². The van der Waals surface area contributed by atoms with Gasteiger partial charge >= 0.3 is 0 Å². The average molecular weight is 285 g/mol. The maximum atomic E-state index is 5.94. The third kappa shape index (κ3) is 4.12. The van der Waals surface area contributed by atoms with Crippen molar-refractivity contribution in [3.63, 3.8) is 0 Å². The molecule has 0 amide bonds.